The normalized spacial score (nSPS) is 17.6. The molecule has 2 rings (SSSR count). The maximum atomic E-state index is 5.60. The average Bonchev–Trinajstić information content (AvgIpc) is 2.64. The predicted octanol–water partition coefficient (Wildman–Crippen LogP) is 2.90. The Bertz CT molecular complexity index is 362. The monoisotopic (exact) mass is 235 g/mol. The first kappa shape index (κ1) is 12.6. The van der Waals surface area contributed by atoms with Crippen LogP contribution in [0.2, 0.25) is 0 Å². The minimum Gasteiger partial charge on any atom is -0.330 e. The van der Waals surface area contributed by atoms with Gasteiger partial charge in [0.25, 0.3) is 0 Å². The van der Waals surface area contributed by atoms with Crippen molar-refractivity contribution in [3.8, 4) is 0 Å². The standard InChI is InChI=1S/C14H25N3/c1-11-14(9-6-10-15)12(2)17(16-11)13-7-4-3-5-8-13/h13H,3-10,15H2,1-2H3. The molecular weight excluding hydrogens is 210 g/mol. The Kier molecular flexibility index (Phi) is 4.21. The second kappa shape index (κ2) is 5.67. The zero-order chi connectivity index (χ0) is 12.3. The summed E-state index contributed by atoms with van der Waals surface area (Å²) < 4.78 is 2.29. The van der Waals surface area contributed by atoms with Crippen LogP contribution in [0.5, 0.6) is 0 Å². The van der Waals surface area contributed by atoms with Gasteiger partial charge in [-0.1, -0.05) is 19.3 Å². The van der Waals surface area contributed by atoms with Gasteiger partial charge in [0.1, 0.15) is 0 Å². The Morgan fingerprint density at radius 1 is 1.24 bits per heavy atom. The molecule has 2 N–H and O–H groups in total. The topological polar surface area (TPSA) is 43.8 Å². The van der Waals surface area contributed by atoms with Crippen LogP contribution in [0.4, 0.5) is 0 Å². The lowest BCUT2D eigenvalue weighted by Crippen LogP contribution is -2.15. The number of hydrogen-bond acceptors (Lipinski definition) is 2. The molecule has 17 heavy (non-hydrogen) atoms. The van der Waals surface area contributed by atoms with Crippen LogP contribution in [0.1, 0.15) is 61.5 Å². The van der Waals surface area contributed by atoms with Gasteiger partial charge in [-0.25, -0.2) is 0 Å². The molecule has 0 spiro atoms. The van der Waals surface area contributed by atoms with E-state index in [1.165, 1.54) is 49.1 Å². The molecule has 3 heteroatoms. The Morgan fingerprint density at radius 2 is 1.94 bits per heavy atom. The van der Waals surface area contributed by atoms with Crippen molar-refractivity contribution in [2.75, 3.05) is 6.54 Å². The van der Waals surface area contributed by atoms with Crippen molar-refractivity contribution in [1.29, 1.82) is 0 Å². The predicted molar refractivity (Wildman–Crippen MR) is 71.2 cm³/mol. The maximum Gasteiger partial charge on any atom is 0.0628 e. The summed E-state index contributed by atoms with van der Waals surface area (Å²) in [7, 11) is 0. The second-order valence-electron chi connectivity index (χ2n) is 5.28. The van der Waals surface area contributed by atoms with Crippen molar-refractivity contribution in [2.45, 2.75) is 64.8 Å². The van der Waals surface area contributed by atoms with Gasteiger partial charge in [0.05, 0.1) is 11.7 Å². The number of nitrogens with zero attached hydrogens (tertiary/aromatic N) is 2. The van der Waals surface area contributed by atoms with Gasteiger partial charge in [0, 0.05) is 5.69 Å². The Hall–Kier alpha value is -0.830. The van der Waals surface area contributed by atoms with E-state index in [1.807, 2.05) is 0 Å². The summed E-state index contributed by atoms with van der Waals surface area (Å²) in [5.41, 5.74) is 9.62. The smallest absolute Gasteiger partial charge is 0.0628 e. The van der Waals surface area contributed by atoms with E-state index in [0.29, 0.717) is 6.04 Å². The van der Waals surface area contributed by atoms with E-state index >= 15 is 0 Å². The molecule has 0 aliphatic heterocycles. The molecule has 0 radical (unpaired) electrons. The molecule has 1 saturated carbocycles. The molecular formula is C14H25N3. The molecule has 0 aromatic carbocycles. The fourth-order valence-corrected chi connectivity index (χ4v) is 3.02. The Labute approximate surface area is 104 Å². The zero-order valence-electron chi connectivity index (χ0n) is 11.2. The Morgan fingerprint density at radius 3 is 2.59 bits per heavy atom. The van der Waals surface area contributed by atoms with Crippen LogP contribution in [0.25, 0.3) is 0 Å². The first-order chi connectivity index (χ1) is 8.24. The molecule has 1 aromatic rings. The van der Waals surface area contributed by atoms with Crippen LogP contribution in [0, 0.1) is 13.8 Å². The summed E-state index contributed by atoms with van der Waals surface area (Å²) in [6, 6.07) is 0.647. The Balaban J connectivity index is 2.17. The summed E-state index contributed by atoms with van der Waals surface area (Å²) in [4.78, 5) is 0. The summed E-state index contributed by atoms with van der Waals surface area (Å²) in [5, 5.41) is 4.76. The molecule has 1 fully saturated rings. The van der Waals surface area contributed by atoms with Crippen LogP contribution in [0.15, 0.2) is 0 Å². The first-order valence-electron chi connectivity index (χ1n) is 6.98. The molecule has 0 unspecified atom stereocenters. The minimum atomic E-state index is 0.647. The third-order valence-electron chi connectivity index (χ3n) is 4.03. The van der Waals surface area contributed by atoms with Crippen LogP contribution in [-0.2, 0) is 6.42 Å². The SMILES string of the molecule is Cc1nn(C2CCCCC2)c(C)c1CCCN. The molecule has 0 bridgehead atoms. The van der Waals surface area contributed by atoms with Gasteiger partial charge in [-0.15, -0.1) is 0 Å². The van der Waals surface area contributed by atoms with Gasteiger partial charge < -0.3 is 5.73 Å². The van der Waals surface area contributed by atoms with Gasteiger partial charge in [-0.05, 0) is 51.6 Å². The van der Waals surface area contributed by atoms with Gasteiger partial charge in [0.15, 0.2) is 0 Å². The highest BCUT2D eigenvalue weighted by Crippen LogP contribution is 2.30. The summed E-state index contributed by atoms with van der Waals surface area (Å²) in [6.45, 7) is 5.13. The number of rotatable bonds is 4. The van der Waals surface area contributed by atoms with Gasteiger partial charge >= 0.3 is 0 Å². The second-order valence-corrected chi connectivity index (χ2v) is 5.28. The molecule has 1 aromatic heterocycles. The molecule has 0 atom stereocenters. The van der Waals surface area contributed by atoms with E-state index in [-0.39, 0.29) is 0 Å². The third-order valence-corrected chi connectivity index (χ3v) is 4.03. The van der Waals surface area contributed by atoms with Crippen molar-refractivity contribution >= 4 is 0 Å². The van der Waals surface area contributed by atoms with E-state index < -0.39 is 0 Å². The van der Waals surface area contributed by atoms with Crippen molar-refractivity contribution < 1.29 is 0 Å². The number of aryl methyl sites for hydroxylation is 1. The van der Waals surface area contributed by atoms with Crippen molar-refractivity contribution in [3.05, 3.63) is 17.0 Å². The number of hydrogen-bond donors (Lipinski definition) is 1. The third kappa shape index (κ3) is 2.71. The van der Waals surface area contributed by atoms with E-state index in [0.717, 1.165) is 19.4 Å². The van der Waals surface area contributed by atoms with E-state index in [2.05, 4.69) is 18.5 Å². The van der Waals surface area contributed by atoms with Crippen molar-refractivity contribution in [1.82, 2.24) is 9.78 Å². The molecule has 0 amide bonds. The van der Waals surface area contributed by atoms with E-state index in [1.54, 1.807) is 0 Å². The van der Waals surface area contributed by atoms with E-state index in [4.69, 9.17) is 10.8 Å². The van der Waals surface area contributed by atoms with Gasteiger partial charge in [0.2, 0.25) is 0 Å². The van der Waals surface area contributed by atoms with Crippen LogP contribution in [-0.4, -0.2) is 16.3 Å². The minimum absolute atomic E-state index is 0.647. The highest BCUT2D eigenvalue weighted by Gasteiger charge is 2.20. The van der Waals surface area contributed by atoms with E-state index in [9.17, 15) is 0 Å². The number of aromatic nitrogens is 2. The van der Waals surface area contributed by atoms with Crippen LogP contribution in [0.3, 0.4) is 0 Å². The molecule has 96 valence electrons. The molecule has 0 saturated heterocycles. The highest BCUT2D eigenvalue weighted by atomic mass is 15.3. The lowest BCUT2D eigenvalue weighted by Gasteiger charge is -2.23. The van der Waals surface area contributed by atoms with Crippen LogP contribution >= 0.6 is 0 Å². The molecule has 1 aliphatic rings. The molecule has 1 heterocycles. The van der Waals surface area contributed by atoms with Gasteiger partial charge in [-0.3, -0.25) is 4.68 Å². The van der Waals surface area contributed by atoms with Crippen molar-refractivity contribution in [3.63, 3.8) is 0 Å². The average molecular weight is 235 g/mol. The van der Waals surface area contributed by atoms with Crippen molar-refractivity contribution in [2.24, 2.45) is 5.73 Å². The maximum absolute atomic E-state index is 5.60. The summed E-state index contributed by atoms with van der Waals surface area (Å²) in [6.07, 6.45) is 8.88. The fourth-order valence-electron chi connectivity index (χ4n) is 3.02. The van der Waals surface area contributed by atoms with Crippen LogP contribution < -0.4 is 5.73 Å². The number of nitrogens with two attached hydrogens (primary N) is 1. The zero-order valence-corrected chi connectivity index (χ0v) is 11.2. The summed E-state index contributed by atoms with van der Waals surface area (Å²) >= 11 is 0. The quantitative estimate of drug-likeness (QED) is 0.872. The molecule has 3 nitrogen and oxygen atoms in total. The van der Waals surface area contributed by atoms with Gasteiger partial charge in [-0.2, -0.15) is 5.10 Å². The highest BCUT2D eigenvalue weighted by molar-refractivity contribution is 5.25. The lowest BCUT2D eigenvalue weighted by atomic mass is 9.95. The summed E-state index contributed by atoms with van der Waals surface area (Å²) in [5.74, 6) is 0. The fraction of sp³-hybridized carbons (Fsp3) is 0.786. The first-order valence-corrected chi connectivity index (χ1v) is 6.98. The molecule has 1 aliphatic carbocycles. The largest absolute Gasteiger partial charge is 0.330 e. The lowest BCUT2D eigenvalue weighted by molar-refractivity contribution is 0.324.